The molecule has 0 fully saturated rings. The van der Waals surface area contributed by atoms with Gasteiger partial charge in [0.1, 0.15) is 16.5 Å². The van der Waals surface area contributed by atoms with Gasteiger partial charge in [-0.1, -0.05) is 41.4 Å². The predicted molar refractivity (Wildman–Crippen MR) is 152 cm³/mol. The highest BCUT2D eigenvalue weighted by Crippen LogP contribution is 2.44. The van der Waals surface area contributed by atoms with E-state index in [0.29, 0.717) is 28.8 Å². The molecule has 0 saturated heterocycles. The molecule has 8 heteroatoms. The molecule has 1 N–H and O–H groups in total. The van der Waals surface area contributed by atoms with E-state index in [9.17, 15) is 4.79 Å². The third kappa shape index (κ3) is 4.24. The number of anilines is 1. The van der Waals surface area contributed by atoms with Gasteiger partial charge in [-0.15, -0.1) is 11.3 Å². The van der Waals surface area contributed by atoms with Gasteiger partial charge >= 0.3 is 6.03 Å². The first-order valence-corrected chi connectivity index (χ1v) is 14.0. The van der Waals surface area contributed by atoms with E-state index in [-0.39, 0.29) is 12.1 Å². The molecule has 1 unspecified atom stereocenters. The summed E-state index contributed by atoms with van der Waals surface area (Å²) < 4.78 is 13.2. The number of amides is 2. The van der Waals surface area contributed by atoms with E-state index < -0.39 is 0 Å². The lowest BCUT2D eigenvalue weighted by Crippen LogP contribution is -2.38. The zero-order chi connectivity index (χ0) is 26.4. The minimum atomic E-state index is -0.274. The molecule has 2 aliphatic rings. The van der Waals surface area contributed by atoms with Gasteiger partial charge in [-0.05, 0) is 61.9 Å². The molecule has 3 heterocycles. The maximum atomic E-state index is 14.2. The van der Waals surface area contributed by atoms with Gasteiger partial charge in [0.05, 0.1) is 43.2 Å². The number of urea groups is 1. The monoisotopic (exact) mass is 547 g/mol. The van der Waals surface area contributed by atoms with Crippen molar-refractivity contribution in [2.24, 2.45) is 0 Å². The number of nitrogens with one attached hydrogen (secondary N) is 1. The number of aryl methyl sites for hydroxylation is 2. The number of hydrogen-bond acceptors (Lipinski definition) is 4. The first-order chi connectivity index (χ1) is 18.5. The Morgan fingerprint density at radius 2 is 1.79 bits per heavy atom. The Morgan fingerprint density at radius 1 is 1.03 bits per heavy atom. The Kier molecular flexibility index (Phi) is 6.58. The van der Waals surface area contributed by atoms with Crippen LogP contribution in [-0.2, 0) is 19.4 Å². The molecule has 1 atom stereocenters. The Hall–Kier alpha value is -3.42. The van der Waals surface area contributed by atoms with Gasteiger partial charge in [0.2, 0.25) is 0 Å². The highest BCUT2D eigenvalue weighted by molar-refractivity contribution is 7.15. The Morgan fingerprint density at radius 3 is 2.55 bits per heavy atom. The number of methoxy groups -OCH3 is 2. The number of carbonyl (C=O) groups is 1. The van der Waals surface area contributed by atoms with E-state index in [1.807, 2.05) is 16.2 Å². The molecule has 196 valence electrons. The highest BCUT2D eigenvalue weighted by atomic mass is 35.5. The average molecular weight is 548 g/mol. The molecule has 1 aliphatic carbocycles. The summed E-state index contributed by atoms with van der Waals surface area (Å²) in [6.07, 6.45) is 6.71. The Labute approximate surface area is 231 Å². The molecule has 4 aromatic rings. The summed E-state index contributed by atoms with van der Waals surface area (Å²) in [7, 11) is 3.12. The first kappa shape index (κ1) is 24.9. The number of hydrogen-bond donors (Lipinski definition) is 1. The second-order valence-electron chi connectivity index (χ2n) is 9.86. The van der Waals surface area contributed by atoms with Crippen LogP contribution in [0.2, 0.25) is 5.02 Å². The maximum absolute atomic E-state index is 14.2. The molecule has 0 bridgehead atoms. The third-order valence-electron chi connectivity index (χ3n) is 7.55. The lowest BCUT2D eigenvalue weighted by atomic mass is 9.95. The smallest absolute Gasteiger partial charge is 0.323 e. The van der Waals surface area contributed by atoms with Crippen molar-refractivity contribution in [1.82, 2.24) is 9.47 Å². The van der Waals surface area contributed by atoms with Crippen molar-refractivity contribution in [3.8, 4) is 16.5 Å². The molecule has 6 nitrogen and oxygen atoms in total. The summed E-state index contributed by atoms with van der Waals surface area (Å²) >= 11 is 8.31. The normalized spacial score (nSPS) is 16.2. The van der Waals surface area contributed by atoms with E-state index in [1.54, 1.807) is 26.4 Å². The van der Waals surface area contributed by atoms with Crippen molar-refractivity contribution in [3.05, 3.63) is 92.6 Å². The fourth-order valence-electron chi connectivity index (χ4n) is 5.63. The SMILES string of the molecule is COc1cc(OC)c(NC(=O)N2Cc3c(sc4c3CCCC4)-n3cccc3C2c2ccc(C)cc2)cc1Cl. The average Bonchev–Trinajstić information content (AvgIpc) is 3.51. The third-order valence-corrected chi connectivity index (χ3v) is 9.18. The number of ether oxygens (including phenoxy) is 2. The number of nitrogens with zero attached hydrogens (tertiary/aromatic N) is 2. The first-order valence-electron chi connectivity index (χ1n) is 12.8. The molecule has 6 rings (SSSR count). The van der Waals surface area contributed by atoms with Gasteiger partial charge in [-0.3, -0.25) is 0 Å². The molecule has 0 radical (unpaired) electrons. The van der Waals surface area contributed by atoms with Crippen LogP contribution in [0.5, 0.6) is 11.5 Å². The van der Waals surface area contributed by atoms with Crippen molar-refractivity contribution in [2.45, 2.75) is 45.2 Å². The minimum absolute atomic E-state index is 0.216. The zero-order valence-electron chi connectivity index (χ0n) is 21.7. The van der Waals surface area contributed by atoms with Crippen LogP contribution in [0.4, 0.5) is 10.5 Å². The molecule has 38 heavy (non-hydrogen) atoms. The molecular weight excluding hydrogens is 518 g/mol. The molecule has 2 aromatic carbocycles. The van der Waals surface area contributed by atoms with E-state index in [0.717, 1.165) is 24.1 Å². The number of halogens is 1. The van der Waals surface area contributed by atoms with Crippen LogP contribution in [-0.4, -0.2) is 29.7 Å². The van der Waals surface area contributed by atoms with Crippen molar-refractivity contribution < 1.29 is 14.3 Å². The number of aromatic nitrogens is 1. The summed E-state index contributed by atoms with van der Waals surface area (Å²) in [5.41, 5.74) is 6.49. The summed E-state index contributed by atoms with van der Waals surface area (Å²) in [5.74, 6) is 0.972. The van der Waals surface area contributed by atoms with Gasteiger partial charge in [-0.25, -0.2) is 4.79 Å². The highest BCUT2D eigenvalue weighted by Gasteiger charge is 2.36. The summed E-state index contributed by atoms with van der Waals surface area (Å²) in [5, 5.41) is 4.74. The number of rotatable bonds is 4. The van der Waals surface area contributed by atoms with E-state index in [1.165, 1.54) is 39.4 Å². The van der Waals surface area contributed by atoms with E-state index in [2.05, 4.69) is 59.4 Å². The zero-order valence-corrected chi connectivity index (χ0v) is 23.3. The number of thiophene rings is 1. The molecule has 0 spiro atoms. The lowest BCUT2D eigenvalue weighted by Gasteiger charge is -2.31. The van der Waals surface area contributed by atoms with Crippen LogP contribution in [0.3, 0.4) is 0 Å². The van der Waals surface area contributed by atoms with Crippen molar-refractivity contribution in [1.29, 1.82) is 0 Å². The van der Waals surface area contributed by atoms with Crippen molar-refractivity contribution in [3.63, 3.8) is 0 Å². The van der Waals surface area contributed by atoms with Crippen LogP contribution in [0.15, 0.2) is 54.7 Å². The minimum Gasteiger partial charge on any atom is -0.495 e. The summed E-state index contributed by atoms with van der Waals surface area (Å²) in [4.78, 5) is 17.6. The topological polar surface area (TPSA) is 55.7 Å². The van der Waals surface area contributed by atoms with Gasteiger partial charge < -0.3 is 24.3 Å². The fourth-order valence-corrected chi connectivity index (χ4v) is 7.28. The molecular formula is C30H30ClN3O3S. The Bertz CT molecular complexity index is 1510. The van der Waals surface area contributed by atoms with Gasteiger partial charge in [0, 0.05) is 22.7 Å². The summed E-state index contributed by atoms with van der Waals surface area (Å²) in [6, 6.07) is 15.5. The molecule has 0 saturated carbocycles. The van der Waals surface area contributed by atoms with Gasteiger partial charge in [0.25, 0.3) is 0 Å². The van der Waals surface area contributed by atoms with E-state index in [4.69, 9.17) is 21.1 Å². The Balaban J connectivity index is 1.48. The molecule has 2 aromatic heterocycles. The fraction of sp³-hybridized carbons (Fsp3) is 0.300. The molecule has 1 aliphatic heterocycles. The van der Waals surface area contributed by atoms with E-state index >= 15 is 0 Å². The van der Waals surface area contributed by atoms with Gasteiger partial charge in [0.15, 0.2) is 0 Å². The second kappa shape index (κ2) is 10.0. The van der Waals surface area contributed by atoms with Crippen LogP contribution in [0, 0.1) is 6.92 Å². The van der Waals surface area contributed by atoms with Crippen LogP contribution in [0.1, 0.15) is 51.7 Å². The number of benzene rings is 2. The quantitative estimate of drug-likeness (QED) is 0.287. The van der Waals surface area contributed by atoms with Crippen molar-refractivity contribution in [2.75, 3.05) is 19.5 Å². The number of fused-ring (bicyclic) bond motifs is 5. The van der Waals surface area contributed by atoms with Crippen LogP contribution >= 0.6 is 22.9 Å². The second-order valence-corrected chi connectivity index (χ2v) is 11.3. The number of carbonyl (C=O) groups excluding carboxylic acids is 1. The standard InChI is InChI=1S/C30H30ClN3O3S/c1-18-10-12-19(13-11-18)28-24-8-6-14-33(24)29-21(20-7-4-5-9-27(20)38-29)17-34(28)30(35)32-23-15-22(31)25(36-2)16-26(23)37-3/h6,8,10-16,28H,4-5,7,9,17H2,1-3H3,(H,32,35). The lowest BCUT2D eigenvalue weighted by molar-refractivity contribution is 0.194. The molecule has 2 amide bonds. The largest absolute Gasteiger partial charge is 0.495 e. The predicted octanol–water partition coefficient (Wildman–Crippen LogP) is 7.53. The summed E-state index contributed by atoms with van der Waals surface area (Å²) in [6.45, 7) is 2.59. The van der Waals surface area contributed by atoms with Crippen molar-refractivity contribution >= 4 is 34.7 Å². The van der Waals surface area contributed by atoms with Crippen LogP contribution < -0.4 is 14.8 Å². The van der Waals surface area contributed by atoms with Gasteiger partial charge in [-0.2, -0.15) is 0 Å². The van der Waals surface area contributed by atoms with Crippen LogP contribution in [0.25, 0.3) is 5.00 Å². The maximum Gasteiger partial charge on any atom is 0.323 e.